The summed E-state index contributed by atoms with van der Waals surface area (Å²) in [6.45, 7) is 5.47. The first kappa shape index (κ1) is 15.7. The average molecular weight is 294 g/mol. The van der Waals surface area contributed by atoms with Crippen molar-refractivity contribution in [3.63, 3.8) is 0 Å². The molecule has 116 valence electrons. The van der Waals surface area contributed by atoms with Gasteiger partial charge in [0.2, 0.25) is 0 Å². The van der Waals surface area contributed by atoms with E-state index in [0.29, 0.717) is 31.5 Å². The second-order valence-corrected chi connectivity index (χ2v) is 5.47. The number of nitro benzene ring substituents is 1. The van der Waals surface area contributed by atoms with E-state index in [1.165, 1.54) is 18.9 Å². The van der Waals surface area contributed by atoms with Crippen LogP contribution in [-0.4, -0.2) is 30.3 Å². The van der Waals surface area contributed by atoms with Crippen molar-refractivity contribution >= 4 is 5.69 Å². The maximum atomic E-state index is 10.9. The van der Waals surface area contributed by atoms with E-state index in [-0.39, 0.29) is 16.7 Å². The van der Waals surface area contributed by atoms with E-state index in [0.717, 1.165) is 5.56 Å². The summed E-state index contributed by atoms with van der Waals surface area (Å²) in [7, 11) is 0. The Kier molecular flexibility index (Phi) is 5.52. The van der Waals surface area contributed by atoms with Crippen LogP contribution in [0, 0.1) is 10.1 Å². The summed E-state index contributed by atoms with van der Waals surface area (Å²) in [5.41, 5.74) is 0.911. The summed E-state index contributed by atoms with van der Waals surface area (Å²) in [5.74, 6) is 0.682. The highest BCUT2D eigenvalue weighted by atomic mass is 16.6. The van der Waals surface area contributed by atoms with E-state index in [1.54, 1.807) is 12.1 Å². The van der Waals surface area contributed by atoms with Crippen LogP contribution in [0.4, 0.5) is 5.69 Å². The van der Waals surface area contributed by atoms with Gasteiger partial charge in [-0.1, -0.05) is 0 Å². The van der Waals surface area contributed by atoms with Crippen LogP contribution >= 0.6 is 0 Å². The van der Waals surface area contributed by atoms with Crippen LogP contribution in [0.15, 0.2) is 18.2 Å². The van der Waals surface area contributed by atoms with Crippen molar-refractivity contribution in [3.8, 4) is 5.75 Å². The van der Waals surface area contributed by atoms with Crippen LogP contribution in [0.1, 0.15) is 32.3 Å². The molecule has 1 aromatic rings. The van der Waals surface area contributed by atoms with Gasteiger partial charge in [-0.2, -0.15) is 0 Å². The van der Waals surface area contributed by atoms with Crippen molar-refractivity contribution < 1.29 is 14.4 Å². The van der Waals surface area contributed by atoms with Gasteiger partial charge in [0.15, 0.2) is 0 Å². The summed E-state index contributed by atoms with van der Waals surface area (Å²) < 4.78 is 11.1. The first-order valence-electron chi connectivity index (χ1n) is 7.31. The lowest BCUT2D eigenvalue weighted by Crippen LogP contribution is -2.17. The Labute approximate surface area is 124 Å². The number of nitrogens with one attached hydrogen (secondary N) is 1. The van der Waals surface area contributed by atoms with Gasteiger partial charge < -0.3 is 14.8 Å². The zero-order valence-corrected chi connectivity index (χ0v) is 12.5. The van der Waals surface area contributed by atoms with Crippen molar-refractivity contribution in [1.29, 1.82) is 0 Å². The molecular formula is C15H22N2O4. The van der Waals surface area contributed by atoms with Gasteiger partial charge in [-0.15, -0.1) is 0 Å². The Morgan fingerprint density at radius 2 is 2.14 bits per heavy atom. The molecule has 0 radical (unpaired) electrons. The number of benzene rings is 1. The van der Waals surface area contributed by atoms with Crippen LogP contribution in [0.25, 0.3) is 0 Å². The van der Waals surface area contributed by atoms with E-state index in [2.05, 4.69) is 5.32 Å². The summed E-state index contributed by atoms with van der Waals surface area (Å²) in [6, 6.07) is 5.26. The van der Waals surface area contributed by atoms with Crippen LogP contribution < -0.4 is 10.1 Å². The number of non-ortho nitro benzene ring substituents is 1. The molecule has 1 fully saturated rings. The summed E-state index contributed by atoms with van der Waals surface area (Å²) in [5, 5.41) is 14.2. The Bertz CT molecular complexity index is 487. The Hall–Kier alpha value is -1.66. The molecule has 0 unspecified atom stereocenters. The highest BCUT2D eigenvalue weighted by Crippen LogP contribution is 2.26. The molecule has 6 heteroatoms. The Morgan fingerprint density at radius 3 is 2.76 bits per heavy atom. The fourth-order valence-electron chi connectivity index (χ4n) is 1.94. The van der Waals surface area contributed by atoms with E-state index >= 15 is 0 Å². The largest absolute Gasteiger partial charge is 0.491 e. The molecule has 1 aromatic carbocycles. The minimum absolute atomic E-state index is 0.0911. The SMILES string of the molecule is CC(C)OCCOc1ccc([N+](=O)[O-])cc1CNC1CC1. The highest BCUT2D eigenvalue weighted by molar-refractivity contribution is 5.43. The van der Waals surface area contributed by atoms with E-state index in [9.17, 15) is 10.1 Å². The van der Waals surface area contributed by atoms with Crippen LogP contribution in [0.3, 0.4) is 0 Å². The predicted molar refractivity (Wildman–Crippen MR) is 79.5 cm³/mol. The monoisotopic (exact) mass is 294 g/mol. The van der Waals surface area contributed by atoms with Crippen LogP contribution in [0.5, 0.6) is 5.75 Å². The number of nitro groups is 1. The molecule has 6 nitrogen and oxygen atoms in total. The molecule has 0 bridgehead atoms. The molecule has 0 saturated heterocycles. The first-order chi connectivity index (χ1) is 10.1. The average Bonchev–Trinajstić information content (AvgIpc) is 3.25. The molecule has 0 aliphatic heterocycles. The van der Waals surface area contributed by atoms with Crippen molar-refractivity contribution in [2.24, 2.45) is 0 Å². The van der Waals surface area contributed by atoms with Gasteiger partial charge in [-0.25, -0.2) is 0 Å². The fourth-order valence-corrected chi connectivity index (χ4v) is 1.94. The lowest BCUT2D eigenvalue weighted by molar-refractivity contribution is -0.384. The fraction of sp³-hybridized carbons (Fsp3) is 0.600. The second kappa shape index (κ2) is 7.38. The van der Waals surface area contributed by atoms with E-state index in [1.807, 2.05) is 13.8 Å². The maximum absolute atomic E-state index is 10.9. The predicted octanol–water partition coefficient (Wildman–Crippen LogP) is 2.65. The van der Waals surface area contributed by atoms with Crippen molar-refractivity contribution in [2.75, 3.05) is 13.2 Å². The number of ether oxygens (including phenoxy) is 2. The van der Waals surface area contributed by atoms with Gasteiger partial charge in [0.05, 0.1) is 17.6 Å². The summed E-state index contributed by atoms with van der Waals surface area (Å²) >= 11 is 0. The summed E-state index contributed by atoms with van der Waals surface area (Å²) in [4.78, 5) is 10.5. The van der Waals surface area contributed by atoms with Crippen molar-refractivity contribution in [1.82, 2.24) is 5.32 Å². The molecule has 0 spiro atoms. The zero-order valence-electron chi connectivity index (χ0n) is 12.5. The third kappa shape index (κ3) is 5.32. The molecule has 1 aliphatic carbocycles. The van der Waals surface area contributed by atoms with Gasteiger partial charge in [-0.3, -0.25) is 10.1 Å². The number of rotatable bonds is 9. The molecule has 1 aliphatic rings. The van der Waals surface area contributed by atoms with Gasteiger partial charge in [0.1, 0.15) is 12.4 Å². The topological polar surface area (TPSA) is 73.6 Å². The molecule has 0 heterocycles. The van der Waals surface area contributed by atoms with Crippen LogP contribution in [-0.2, 0) is 11.3 Å². The molecule has 1 N–H and O–H groups in total. The summed E-state index contributed by atoms with van der Waals surface area (Å²) in [6.07, 6.45) is 2.52. The molecule has 0 atom stereocenters. The smallest absolute Gasteiger partial charge is 0.270 e. The lowest BCUT2D eigenvalue weighted by atomic mass is 10.1. The minimum atomic E-state index is -0.383. The highest BCUT2D eigenvalue weighted by Gasteiger charge is 2.21. The number of hydrogen-bond donors (Lipinski definition) is 1. The number of nitrogens with zero attached hydrogens (tertiary/aromatic N) is 1. The molecule has 1 saturated carbocycles. The van der Waals surface area contributed by atoms with Crippen molar-refractivity contribution in [3.05, 3.63) is 33.9 Å². The minimum Gasteiger partial charge on any atom is -0.491 e. The molecule has 0 aromatic heterocycles. The third-order valence-electron chi connectivity index (χ3n) is 3.21. The zero-order chi connectivity index (χ0) is 15.2. The molecule has 0 amide bonds. The van der Waals surface area contributed by atoms with Gasteiger partial charge in [0, 0.05) is 30.3 Å². The normalized spacial score (nSPS) is 14.4. The second-order valence-electron chi connectivity index (χ2n) is 5.47. The van der Waals surface area contributed by atoms with Gasteiger partial charge in [0.25, 0.3) is 5.69 Å². The molecule has 2 rings (SSSR count). The Morgan fingerprint density at radius 1 is 1.38 bits per heavy atom. The molecular weight excluding hydrogens is 272 g/mol. The molecule has 21 heavy (non-hydrogen) atoms. The standard InChI is InChI=1S/C15H22N2O4/c1-11(2)20-7-8-21-15-6-5-14(17(18)19)9-12(15)10-16-13-3-4-13/h5-6,9,11,13,16H,3-4,7-8,10H2,1-2H3. The van der Waals surface area contributed by atoms with Gasteiger partial charge >= 0.3 is 0 Å². The quantitative estimate of drug-likeness (QED) is 0.430. The van der Waals surface area contributed by atoms with Gasteiger partial charge in [-0.05, 0) is 32.8 Å². The Balaban J connectivity index is 1.97. The third-order valence-corrected chi connectivity index (χ3v) is 3.21. The van der Waals surface area contributed by atoms with E-state index < -0.39 is 0 Å². The van der Waals surface area contributed by atoms with Crippen molar-refractivity contribution in [2.45, 2.75) is 45.4 Å². The lowest BCUT2D eigenvalue weighted by Gasteiger charge is -2.13. The van der Waals surface area contributed by atoms with Crippen LogP contribution in [0.2, 0.25) is 0 Å². The number of hydrogen-bond acceptors (Lipinski definition) is 5. The first-order valence-corrected chi connectivity index (χ1v) is 7.31. The maximum Gasteiger partial charge on any atom is 0.270 e. The van der Waals surface area contributed by atoms with E-state index in [4.69, 9.17) is 9.47 Å².